The average molecular weight is 533 g/mol. The first-order valence-electron chi connectivity index (χ1n) is 10.0. The first-order chi connectivity index (χ1) is 15.9. The Morgan fingerprint density at radius 3 is 2.64 bits per heavy atom. The zero-order valence-corrected chi connectivity index (χ0v) is 20.8. The maximum atomic E-state index is 13.5. The zero-order valence-electron chi connectivity index (χ0n) is 18.4. The molecule has 0 saturated heterocycles. The van der Waals surface area contributed by atoms with Crippen LogP contribution >= 0.6 is 27.3 Å². The molecule has 3 heterocycles. The van der Waals surface area contributed by atoms with Gasteiger partial charge in [-0.1, -0.05) is 17.4 Å². The number of halogens is 1. The topological polar surface area (TPSA) is 92.3 Å². The van der Waals surface area contributed by atoms with E-state index in [9.17, 15) is 9.59 Å². The second-order valence-corrected chi connectivity index (χ2v) is 8.85. The van der Waals surface area contributed by atoms with Gasteiger partial charge < -0.3 is 18.6 Å². The first kappa shape index (κ1) is 23.1. The molecule has 0 N–H and O–H groups in total. The van der Waals surface area contributed by atoms with Crippen molar-refractivity contribution in [1.82, 2.24) is 4.57 Å². The molecule has 2 aromatic heterocycles. The number of esters is 1. The largest absolute Gasteiger partial charge is 0.493 e. The molecule has 10 heteroatoms. The monoisotopic (exact) mass is 532 g/mol. The Kier molecular flexibility index (Phi) is 6.57. The van der Waals surface area contributed by atoms with Crippen molar-refractivity contribution in [1.29, 1.82) is 0 Å². The normalized spacial score (nSPS) is 15.8. The average Bonchev–Trinajstić information content (AvgIpc) is 3.34. The molecule has 33 heavy (non-hydrogen) atoms. The molecular weight excluding hydrogens is 512 g/mol. The third kappa shape index (κ3) is 4.28. The van der Waals surface area contributed by atoms with E-state index in [0.29, 0.717) is 48.1 Å². The lowest BCUT2D eigenvalue weighted by atomic mass is 9.95. The van der Waals surface area contributed by atoms with Crippen LogP contribution in [0.4, 0.5) is 0 Å². The van der Waals surface area contributed by atoms with E-state index in [1.807, 2.05) is 0 Å². The molecule has 8 nitrogen and oxygen atoms in total. The molecule has 1 aliphatic heterocycles. The number of allylic oxidation sites excluding steroid dienone is 1. The van der Waals surface area contributed by atoms with Crippen LogP contribution in [0.25, 0.3) is 6.08 Å². The molecule has 3 aromatic rings. The summed E-state index contributed by atoms with van der Waals surface area (Å²) in [4.78, 5) is 31.5. The van der Waals surface area contributed by atoms with Crippen molar-refractivity contribution in [2.45, 2.75) is 19.9 Å². The Labute approximate surface area is 201 Å². The summed E-state index contributed by atoms with van der Waals surface area (Å²) in [5.74, 6) is 1.02. The van der Waals surface area contributed by atoms with Gasteiger partial charge in [0.1, 0.15) is 5.76 Å². The number of carbonyl (C=O) groups is 1. The Balaban J connectivity index is 1.97. The number of hydrogen-bond acceptors (Lipinski definition) is 8. The number of aromatic nitrogens is 1. The number of benzene rings is 1. The van der Waals surface area contributed by atoms with Gasteiger partial charge in [0.25, 0.3) is 5.56 Å². The highest BCUT2D eigenvalue weighted by molar-refractivity contribution is 9.10. The summed E-state index contributed by atoms with van der Waals surface area (Å²) in [5, 5.41) is 0. The smallest absolute Gasteiger partial charge is 0.338 e. The van der Waals surface area contributed by atoms with Gasteiger partial charge >= 0.3 is 5.97 Å². The number of thiazole rings is 1. The van der Waals surface area contributed by atoms with Gasteiger partial charge in [0.2, 0.25) is 0 Å². The second kappa shape index (κ2) is 9.40. The Morgan fingerprint density at radius 2 is 2.00 bits per heavy atom. The summed E-state index contributed by atoms with van der Waals surface area (Å²) in [6.07, 6.45) is 1.66. The number of fused-ring (bicyclic) bond motifs is 1. The molecule has 1 aromatic carbocycles. The third-order valence-corrected chi connectivity index (χ3v) is 6.52. The molecule has 0 bridgehead atoms. The number of ether oxygens (including phenoxy) is 3. The molecular formula is C23H21BrN2O6S. The van der Waals surface area contributed by atoms with Crippen molar-refractivity contribution in [2.24, 2.45) is 4.99 Å². The highest BCUT2D eigenvalue weighted by Gasteiger charge is 2.33. The van der Waals surface area contributed by atoms with Gasteiger partial charge in [-0.2, -0.15) is 0 Å². The van der Waals surface area contributed by atoms with Gasteiger partial charge in [-0.25, -0.2) is 9.79 Å². The molecule has 1 aliphatic rings. The fourth-order valence-corrected chi connectivity index (χ4v) is 5.01. The van der Waals surface area contributed by atoms with Crippen molar-refractivity contribution < 1.29 is 23.4 Å². The lowest BCUT2D eigenvalue weighted by molar-refractivity contribution is -0.139. The SMILES string of the molecule is CCOC(=O)C1=C(C)N=c2s/c(=C\c3ccc(Br)o3)c(=O)n2[C@@H]1c1ccc(OC)c(OC)c1. The number of carbonyl (C=O) groups excluding carboxylic acids is 1. The van der Waals surface area contributed by atoms with E-state index < -0.39 is 12.0 Å². The van der Waals surface area contributed by atoms with Crippen molar-refractivity contribution in [2.75, 3.05) is 20.8 Å². The van der Waals surface area contributed by atoms with Crippen LogP contribution in [0.1, 0.15) is 31.2 Å². The summed E-state index contributed by atoms with van der Waals surface area (Å²) in [6.45, 7) is 3.67. The molecule has 1 atom stereocenters. The van der Waals surface area contributed by atoms with Crippen molar-refractivity contribution >= 4 is 39.3 Å². The predicted molar refractivity (Wildman–Crippen MR) is 126 cm³/mol. The molecule has 0 saturated carbocycles. The Morgan fingerprint density at radius 1 is 1.24 bits per heavy atom. The molecule has 0 radical (unpaired) electrons. The van der Waals surface area contributed by atoms with Crippen LogP contribution in [0.2, 0.25) is 0 Å². The molecule has 0 amide bonds. The summed E-state index contributed by atoms with van der Waals surface area (Å²) in [5.41, 5.74) is 1.16. The quantitative estimate of drug-likeness (QED) is 0.452. The van der Waals surface area contributed by atoms with Gasteiger partial charge in [-0.3, -0.25) is 9.36 Å². The van der Waals surface area contributed by atoms with Crippen molar-refractivity contribution in [3.8, 4) is 11.5 Å². The highest BCUT2D eigenvalue weighted by Crippen LogP contribution is 2.36. The fourth-order valence-electron chi connectivity index (χ4n) is 3.66. The summed E-state index contributed by atoms with van der Waals surface area (Å²) in [7, 11) is 3.07. The summed E-state index contributed by atoms with van der Waals surface area (Å²) in [6, 6.07) is 8.04. The molecule has 0 unspecified atom stereocenters. The van der Waals surface area contributed by atoms with E-state index in [0.717, 1.165) is 0 Å². The fraction of sp³-hybridized carbons (Fsp3) is 0.261. The van der Waals surface area contributed by atoms with Crippen LogP contribution in [-0.4, -0.2) is 31.4 Å². The first-order valence-corrected chi connectivity index (χ1v) is 11.7. The Hall–Kier alpha value is -3.11. The Bertz CT molecular complexity index is 1430. The maximum absolute atomic E-state index is 13.5. The molecule has 172 valence electrons. The van der Waals surface area contributed by atoms with Gasteiger partial charge in [0, 0.05) is 6.08 Å². The highest BCUT2D eigenvalue weighted by atomic mass is 79.9. The third-order valence-electron chi connectivity index (χ3n) is 5.11. The van der Waals surface area contributed by atoms with Gasteiger partial charge in [0.15, 0.2) is 21.0 Å². The van der Waals surface area contributed by atoms with Crippen LogP contribution in [0.3, 0.4) is 0 Å². The minimum Gasteiger partial charge on any atom is -0.493 e. The van der Waals surface area contributed by atoms with E-state index in [1.54, 1.807) is 57.4 Å². The minimum atomic E-state index is -0.745. The van der Waals surface area contributed by atoms with Crippen LogP contribution in [0, 0.1) is 0 Å². The number of nitrogens with zero attached hydrogens (tertiary/aromatic N) is 2. The van der Waals surface area contributed by atoms with Crippen LogP contribution in [0.5, 0.6) is 11.5 Å². The van der Waals surface area contributed by atoms with E-state index in [1.165, 1.54) is 23.0 Å². The minimum absolute atomic E-state index is 0.200. The number of methoxy groups -OCH3 is 2. The standard InChI is InChI=1S/C23H21BrN2O6S/c1-5-31-22(28)19-12(2)25-23-26(20(19)13-6-8-15(29-3)16(10-13)30-4)21(27)17(33-23)11-14-7-9-18(24)32-14/h6-11,20H,5H2,1-4H3/b17-11-/t20-/m1/s1. The lowest BCUT2D eigenvalue weighted by Gasteiger charge is -2.25. The maximum Gasteiger partial charge on any atom is 0.338 e. The molecule has 4 rings (SSSR count). The molecule has 0 spiro atoms. The zero-order chi connectivity index (χ0) is 23.7. The van der Waals surface area contributed by atoms with Gasteiger partial charge in [0.05, 0.1) is 42.7 Å². The van der Waals surface area contributed by atoms with E-state index >= 15 is 0 Å². The lowest BCUT2D eigenvalue weighted by Crippen LogP contribution is -2.39. The van der Waals surface area contributed by atoms with E-state index in [4.69, 9.17) is 18.6 Å². The molecule has 0 fully saturated rings. The number of hydrogen-bond donors (Lipinski definition) is 0. The predicted octanol–water partition coefficient (Wildman–Crippen LogP) is 3.17. The van der Waals surface area contributed by atoms with Crippen molar-refractivity contribution in [3.63, 3.8) is 0 Å². The number of furan rings is 1. The van der Waals surface area contributed by atoms with E-state index in [-0.39, 0.29) is 12.2 Å². The number of rotatable bonds is 6. The molecule has 0 aliphatic carbocycles. The van der Waals surface area contributed by atoms with Crippen molar-refractivity contribution in [3.05, 3.63) is 77.3 Å². The summed E-state index contributed by atoms with van der Waals surface area (Å²) < 4.78 is 24.1. The van der Waals surface area contributed by atoms with Crippen LogP contribution in [-0.2, 0) is 9.53 Å². The van der Waals surface area contributed by atoms with Gasteiger partial charge in [-0.05, 0) is 59.6 Å². The van der Waals surface area contributed by atoms with E-state index in [2.05, 4.69) is 20.9 Å². The van der Waals surface area contributed by atoms with Crippen LogP contribution in [0.15, 0.2) is 60.5 Å². The van der Waals surface area contributed by atoms with Gasteiger partial charge in [-0.15, -0.1) is 0 Å². The summed E-state index contributed by atoms with van der Waals surface area (Å²) >= 11 is 4.49. The van der Waals surface area contributed by atoms with Crippen LogP contribution < -0.4 is 24.4 Å². The second-order valence-electron chi connectivity index (χ2n) is 7.06.